The van der Waals surface area contributed by atoms with Crippen molar-refractivity contribution < 1.29 is 19.8 Å². The minimum Gasteiger partial charge on any atom is -0.481 e. The van der Waals surface area contributed by atoms with Crippen LogP contribution in [-0.4, -0.2) is 28.6 Å². The van der Waals surface area contributed by atoms with Crippen molar-refractivity contribution >= 4 is 11.9 Å². The number of carbonyl (C=O) groups excluding carboxylic acids is 1. The number of carboxylic acids is 1. The van der Waals surface area contributed by atoms with Crippen LogP contribution in [0.2, 0.25) is 0 Å². The summed E-state index contributed by atoms with van der Waals surface area (Å²) in [5, 5.41) is 20.5. The first-order valence-corrected chi connectivity index (χ1v) is 7.26. The number of carboxylic acid groups (broad SMARTS) is 1. The van der Waals surface area contributed by atoms with Crippen LogP contribution in [0.4, 0.5) is 0 Å². The molecule has 0 heterocycles. The van der Waals surface area contributed by atoms with Crippen molar-refractivity contribution in [2.45, 2.75) is 39.2 Å². The Balaban J connectivity index is 2.35. The summed E-state index contributed by atoms with van der Waals surface area (Å²) >= 11 is 0. The molecule has 0 aliphatic rings. The molecule has 5 heteroatoms. The number of hydrogen-bond donors (Lipinski definition) is 3. The van der Waals surface area contributed by atoms with Crippen molar-refractivity contribution in [3.8, 4) is 0 Å². The van der Waals surface area contributed by atoms with Gasteiger partial charge in [0.25, 0.3) is 5.91 Å². The van der Waals surface area contributed by atoms with E-state index in [1.54, 1.807) is 24.3 Å². The topological polar surface area (TPSA) is 86.6 Å². The monoisotopic (exact) mass is 293 g/mol. The predicted molar refractivity (Wildman–Crippen MR) is 80.0 cm³/mol. The fraction of sp³-hybridized carbons (Fsp3) is 0.500. The van der Waals surface area contributed by atoms with Crippen LogP contribution in [0.5, 0.6) is 0 Å². The van der Waals surface area contributed by atoms with Crippen molar-refractivity contribution in [1.82, 2.24) is 5.32 Å². The number of nitrogens with one attached hydrogen (secondary N) is 1. The molecule has 0 aliphatic heterocycles. The highest BCUT2D eigenvalue weighted by atomic mass is 16.4. The Labute approximate surface area is 125 Å². The van der Waals surface area contributed by atoms with Gasteiger partial charge in [-0.05, 0) is 36.5 Å². The molecule has 21 heavy (non-hydrogen) atoms. The Morgan fingerprint density at radius 3 is 2.38 bits per heavy atom. The van der Waals surface area contributed by atoms with Gasteiger partial charge in [0.2, 0.25) is 0 Å². The maximum Gasteiger partial charge on any atom is 0.303 e. The smallest absolute Gasteiger partial charge is 0.303 e. The van der Waals surface area contributed by atoms with E-state index in [1.807, 2.05) is 6.92 Å². The number of hydrogen-bond acceptors (Lipinski definition) is 3. The first kappa shape index (κ1) is 17.2. The zero-order chi connectivity index (χ0) is 15.7. The zero-order valence-corrected chi connectivity index (χ0v) is 12.3. The highest BCUT2D eigenvalue weighted by Gasteiger charge is 2.10. The normalized spacial score (nSPS) is 11.9. The molecule has 1 atom stereocenters. The van der Waals surface area contributed by atoms with Gasteiger partial charge in [-0.15, -0.1) is 0 Å². The summed E-state index contributed by atoms with van der Waals surface area (Å²) in [4.78, 5) is 22.5. The third-order valence-electron chi connectivity index (χ3n) is 3.58. The quantitative estimate of drug-likeness (QED) is 0.651. The standard InChI is InChI=1S/C16H23NO4/c1-2-12(5-8-15(19)20)9-10-17-16(21)14-6-3-13(11-18)4-7-14/h3-4,6-7,12,18H,2,5,8-11H2,1H3,(H,17,21)(H,19,20). The van der Waals surface area contributed by atoms with Crippen LogP contribution in [0.1, 0.15) is 48.5 Å². The van der Waals surface area contributed by atoms with Gasteiger partial charge in [0.05, 0.1) is 6.61 Å². The summed E-state index contributed by atoms with van der Waals surface area (Å²) in [7, 11) is 0. The first-order valence-electron chi connectivity index (χ1n) is 7.26. The molecule has 116 valence electrons. The molecule has 1 amide bonds. The lowest BCUT2D eigenvalue weighted by Crippen LogP contribution is -2.26. The molecule has 1 unspecified atom stereocenters. The third kappa shape index (κ3) is 6.40. The molecule has 5 nitrogen and oxygen atoms in total. The van der Waals surface area contributed by atoms with Crippen LogP contribution in [0, 0.1) is 5.92 Å². The van der Waals surface area contributed by atoms with Crippen LogP contribution < -0.4 is 5.32 Å². The van der Waals surface area contributed by atoms with Crippen molar-refractivity contribution in [2.75, 3.05) is 6.54 Å². The van der Waals surface area contributed by atoms with E-state index >= 15 is 0 Å². The number of aliphatic hydroxyl groups is 1. The molecule has 0 aliphatic carbocycles. The van der Waals surface area contributed by atoms with E-state index in [2.05, 4.69) is 5.32 Å². The second-order valence-corrected chi connectivity index (χ2v) is 5.11. The van der Waals surface area contributed by atoms with Gasteiger partial charge in [-0.2, -0.15) is 0 Å². The Morgan fingerprint density at radius 2 is 1.86 bits per heavy atom. The Hall–Kier alpha value is -1.88. The second-order valence-electron chi connectivity index (χ2n) is 5.11. The van der Waals surface area contributed by atoms with Gasteiger partial charge in [-0.1, -0.05) is 25.5 Å². The lowest BCUT2D eigenvalue weighted by molar-refractivity contribution is -0.137. The maximum atomic E-state index is 11.9. The van der Waals surface area contributed by atoms with Crippen LogP contribution in [0.25, 0.3) is 0 Å². The molecule has 1 aromatic carbocycles. The number of carbonyl (C=O) groups is 2. The molecule has 0 aromatic heterocycles. The predicted octanol–water partition coefficient (Wildman–Crippen LogP) is 2.19. The molecule has 3 N–H and O–H groups in total. The van der Waals surface area contributed by atoms with Crippen molar-refractivity contribution in [3.05, 3.63) is 35.4 Å². The molecule has 1 aromatic rings. The number of benzene rings is 1. The van der Waals surface area contributed by atoms with Gasteiger partial charge >= 0.3 is 5.97 Å². The van der Waals surface area contributed by atoms with E-state index in [0.29, 0.717) is 24.4 Å². The van der Waals surface area contributed by atoms with Crippen molar-refractivity contribution in [2.24, 2.45) is 5.92 Å². The first-order chi connectivity index (χ1) is 10.1. The van der Waals surface area contributed by atoms with E-state index in [0.717, 1.165) is 18.4 Å². The van der Waals surface area contributed by atoms with E-state index in [-0.39, 0.29) is 18.9 Å². The Bertz CT molecular complexity index is 456. The largest absolute Gasteiger partial charge is 0.481 e. The summed E-state index contributed by atoms with van der Waals surface area (Å²) < 4.78 is 0. The second kappa shape index (κ2) is 9.13. The molecule has 1 rings (SSSR count). The fourth-order valence-corrected chi connectivity index (χ4v) is 2.13. The van der Waals surface area contributed by atoms with Gasteiger partial charge in [-0.25, -0.2) is 0 Å². The van der Waals surface area contributed by atoms with Gasteiger partial charge in [0.15, 0.2) is 0 Å². The van der Waals surface area contributed by atoms with Crippen molar-refractivity contribution in [3.63, 3.8) is 0 Å². The van der Waals surface area contributed by atoms with Crippen LogP contribution in [0.15, 0.2) is 24.3 Å². The van der Waals surface area contributed by atoms with Gasteiger partial charge < -0.3 is 15.5 Å². The summed E-state index contributed by atoms with van der Waals surface area (Å²) in [6.45, 7) is 2.53. The highest BCUT2D eigenvalue weighted by molar-refractivity contribution is 5.94. The Morgan fingerprint density at radius 1 is 1.19 bits per heavy atom. The van der Waals surface area contributed by atoms with Crippen LogP contribution in [0.3, 0.4) is 0 Å². The van der Waals surface area contributed by atoms with E-state index in [4.69, 9.17) is 10.2 Å². The number of aliphatic carboxylic acids is 1. The lowest BCUT2D eigenvalue weighted by Gasteiger charge is -2.14. The van der Waals surface area contributed by atoms with Gasteiger partial charge in [0, 0.05) is 18.5 Å². The summed E-state index contributed by atoms with van der Waals surface area (Å²) in [5.41, 5.74) is 1.33. The van der Waals surface area contributed by atoms with Crippen molar-refractivity contribution in [1.29, 1.82) is 0 Å². The van der Waals surface area contributed by atoms with Gasteiger partial charge in [-0.3, -0.25) is 9.59 Å². The highest BCUT2D eigenvalue weighted by Crippen LogP contribution is 2.14. The lowest BCUT2D eigenvalue weighted by atomic mass is 9.96. The molecular formula is C16H23NO4. The molecule has 0 bridgehead atoms. The van der Waals surface area contributed by atoms with E-state index in [1.165, 1.54) is 0 Å². The number of amides is 1. The molecule has 0 saturated heterocycles. The average molecular weight is 293 g/mol. The third-order valence-corrected chi connectivity index (χ3v) is 3.58. The Kier molecular flexibility index (Phi) is 7.46. The summed E-state index contributed by atoms with van der Waals surface area (Å²) in [6, 6.07) is 6.80. The number of aliphatic hydroxyl groups excluding tert-OH is 1. The SMILES string of the molecule is CCC(CCNC(=O)c1ccc(CO)cc1)CCC(=O)O. The average Bonchev–Trinajstić information content (AvgIpc) is 2.50. The summed E-state index contributed by atoms with van der Waals surface area (Å²) in [6.07, 6.45) is 2.51. The number of rotatable bonds is 9. The maximum absolute atomic E-state index is 11.9. The van der Waals surface area contributed by atoms with E-state index in [9.17, 15) is 9.59 Å². The van der Waals surface area contributed by atoms with Crippen LogP contribution >= 0.6 is 0 Å². The molecule has 0 fully saturated rings. The minimum absolute atomic E-state index is 0.0380. The summed E-state index contributed by atoms with van der Waals surface area (Å²) in [5.74, 6) is -0.604. The van der Waals surface area contributed by atoms with Gasteiger partial charge in [0.1, 0.15) is 0 Å². The molecular weight excluding hydrogens is 270 g/mol. The molecule has 0 radical (unpaired) electrons. The molecule has 0 saturated carbocycles. The fourth-order valence-electron chi connectivity index (χ4n) is 2.13. The molecule has 0 spiro atoms. The zero-order valence-electron chi connectivity index (χ0n) is 12.3. The van der Waals surface area contributed by atoms with E-state index < -0.39 is 5.97 Å². The van der Waals surface area contributed by atoms with Crippen LogP contribution in [-0.2, 0) is 11.4 Å². The minimum atomic E-state index is -0.776.